The van der Waals surface area contributed by atoms with E-state index in [2.05, 4.69) is 42.5 Å². The molecule has 1 saturated heterocycles. The molecular formula is C26H19Br2N3O5. The lowest BCUT2D eigenvalue weighted by atomic mass is 10.1. The molecule has 0 spiro atoms. The van der Waals surface area contributed by atoms with Crippen molar-refractivity contribution in [3.63, 3.8) is 0 Å². The number of hydrogen-bond donors (Lipinski definition) is 2. The first-order valence-electron chi connectivity index (χ1n) is 10.7. The van der Waals surface area contributed by atoms with Crippen molar-refractivity contribution < 1.29 is 23.9 Å². The number of nitrogens with one attached hydrogen (secondary N) is 2. The highest BCUT2D eigenvalue weighted by molar-refractivity contribution is 9.10. The van der Waals surface area contributed by atoms with Crippen molar-refractivity contribution in [2.45, 2.75) is 6.92 Å². The van der Waals surface area contributed by atoms with Gasteiger partial charge in [-0.05, 0) is 67.1 Å². The minimum Gasteiger partial charge on any atom is -0.483 e. The highest BCUT2D eigenvalue weighted by atomic mass is 79.9. The maximum Gasteiger partial charge on any atom is 0.335 e. The molecule has 0 radical (unpaired) electrons. The molecule has 1 aliphatic heterocycles. The van der Waals surface area contributed by atoms with Crippen molar-refractivity contribution in [2.24, 2.45) is 0 Å². The second-order valence-electron chi connectivity index (χ2n) is 7.77. The number of imide groups is 2. The lowest BCUT2D eigenvalue weighted by molar-refractivity contribution is -0.122. The third-order valence-electron chi connectivity index (χ3n) is 5.24. The number of ether oxygens (including phenoxy) is 1. The van der Waals surface area contributed by atoms with Crippen LogP contribution < -0.4 is 20.3 Å². The zero-order chi connectivity index (χ0) is 25.8. The number of amides is 5. The van der Waals surface area contributed by atoms with Gasteiger partial charge < -0.3 is 10.1 Å². The molecule has 3 aromatic carbocycles. The van der Waals surface area contributed by atoms with E-state index in [9.17, 15) is 19.2 Å². The fourth-order valence-electron chi connectivity index (χ4n) is 3.44. The first-order valence-corrected chi connectivity index (χ1v) is 12.3. The minimum absolute atomic E-state index is 0.259. The molecule has 0 atom stereocenters. The largest absolute Gasteiger partial charge is 0.483 e. The summed E-state index contributed by atoms with van der Waals surface area (Å²) in [6, 6.07) is 18.0. The third kappa shape index (κ3) is 5.72. The maximum atomic E-state index is 13.2. The van der Waals surface area contributed by atoms with Crippen LogP contribution in [0.2, 0.25) is 0 Å². The second-order valence-corrected chi connectivity index (χ2v) is 9.60. The van der Waals surface area contributed by atoms with Crippen LogP contribution in [0.25, 0.3) is 6.08 Å². The van der Waals surface area contributed by atoms with E-state index in [1.165, 1.54) is 6.08 Å². The zero-order valence-electron chi connectivity index (χ0n) is 18.9. The second kappa shape index (κ2) is 10.9. The summed E-state index contributed by atoms with van der Waals surface area (Å²) >= 11 is 6.68. The Morgan fingerprint density at radius 3 is 2.42 bits per heavy atom. The normalized spacial score (nSPS) is 14.6. The number of carbonyl (C=O) groups is 4. The van der Waals surface area contributed by atoms with Crippen molar-refractivity contribution >= 4 is 73.1 Å². The van der Waals surface area contributed by atoms with Gasteiger partial charge in [0.2, 0.25) is 0 Å². The Bertz CT molecular complexity index is 1400. The fraction of sp³-hybridized carbons (Fsp3) is 0.0769. The van der Waals surface area contributed by atoms with Crippen LogP contribution >= 0.6 is 31.9 Å². The van der Waals surface area contributed by atoms with Gasteiger partial charge in [0.05, 0.1) is 5.69 Å². The number of carbonyl (C=O) groups excluding carboxylic acids is 4. The number of para-hydroxylation sites is 1. The average Bonchev–Trinajstić information content (AvgIpc) is 2.84. The summed E-state index contributed by atoms with van der Waals surface area (Å²) in [6.07, 6.45) is 1.33. The molecule has 1 fully saturated rings. The Labute approximate surface area is 223 Å². The number of hydrogen-bond acceptors (Lipinski definition) is 5. The lowest BCUT2D eigenvalue weighted by Crippen LogP contribution is -2.54. The summed E-state index contributed by atoms with van der Waals surface area (Å²) in [7, 11) is 0. The van der Waals surface area contributed by atoms with Crippen molar-refractivity contribution in [3.05, 3.63) is 92.4 Å². The molecule has 0 saturated carbocycles. The van der Waals surface area contributed by atoms with Gasteiger partial charge in [0.25, 0.3) is 17.7 Å². The van der Waals surface area contributed by atoms with Crippen LogP contribution in [-0.2, 0) is 14.4 Å². The lowest BCUT2D eigenvalue weighted by Gasteiger charge is -2.26. The summed E-state index contributed by atoms with van der Waals surface area (Å²) < 4.78 is 7.15. The van der Waals surface area contributed by atoms with Crippen molar-refractivity contribution in [3.8, 4) is 5.75 Å². The Morgan fingerprint density at radius 2 is 1.69 bits per heavy atom. The van der Waals surface area contributed by atoms with Crippen molar-refractivity contribution in [1.29, 1.82) is 0 Å². The maximum absolute atomic E-state index is 13.2. The monoisotopic (exact) mass is 611 g/mol. The quantitative estimate of drug-likeness (QED) is 0.294. The van der Waals surface area contributed by atoms with Crippen LogP contribution in [0.4, 0.5) is 16.2 Å². The number of nitrogens with zero attached hydrogens (tertiary/aromatic N) is 1. The van der Waals surface area contributed by atoms with Gasteiger partial charge in [-0.2, -0.15) is 0 Å². The van der Waals surface area contributed by atoms with E-state index in [0.29, 0.717) is 21.4 Å². The standard InChI is InChI=1S/C26H19Br2N3O5/c1-15-4-2-3-5-21(15)29-23(32)14-36-22-11-8-18(28)12-16(22)13-20-24(33)30-26(35)31(25(20)34)19-9-6-17(27)7-10-19/h2-13H,14H2,1H3,(H,29,32)(H,30,33,35)/b20-13+. The van der Waals surface area contributed by atoms with E-state index in [0.717, 1.165) is 14.9 Å². The Kier molecular flexibility index (Phi) is 7.66. The van der Waals surface area contributed by atoms with Crippen molar-refractivity contribution in [2.75, 3.05) is 16.8 Å². The van der Waals surface area contributed by atoms with Gasteiger partial charge in [-0.3, -0.25) is 19.7 Å². The fourth-order valence-corrected chi connectivity index (χ4v) is 4.09. The predicted octanol–water partition coefficient (Wildman–Crippen LogP) is 5.20. The first-order chi connectivity index (χ1) is 17.2. The summed E-state index contributed by atoms with van der Waals surface area (Å²) in [5.74, 6) is -1.71. The predicted molar refractivity (Wildman–Crippen MR) is 143 cm³/mol. The number of halogens is 2. The van der Waals surface area contributed by atoms with Gasteiger partial charge in [0, 0.05) is 20.2 Å². The van der Waals surface area contributed by atoms with Crippen LogP contribution in [0.15, 0.2) is 81.2 Å². The van der Waals surface area contributed by atoms with Crippen molar-refractivity contribution in [1.82, 2.24) is 5.32 Å². The third-order valence-corrected chi connectivity index (χ3v) is 6.26. The van der Waals surface area contributed by atoms with Crippen LogP contribution in [-0.4, -0.2) is 30.4 Å². The smallest absolute Gasteiger partial charge is 0.335 e. The van der Waals surface area contributed by atoms with Gasteiger partial charge in [-0.1, -0.05) is 50.1 Å². The molecule has 36 heavy (non-hydrogen) atoms. The molecule has 0 unspecified atom stereocenters. The molecule has 3 aromatic rings. The van der Waals surface area contributed by atoms with Crippen LogP contribution in [0.1, 0.15) is 11.1 Å². The number of aryl methyl sites for hydroxylation is 1. The summed E-state index contributed by atoms with van der Waals surface area (Å²) in [5, 5.41) is 4.98. The SMILES string of the molecule is Cc1ccccc1NC(=O)COc1ccc(Br)cc1/C=C1\C(=O)NC(=O)N(c2ccc(Br)cc2)C1=O. The summed E-state index contributed by atoms with van der Waals surface area (Å²) in [4.78, 5) is 51.5. The molecule has 0 aliphatic carbocycles. The molecule has 10 heteroatoms. The van der Waals surface area contributed by atoms with E-state index in [4.69, 9.17) is 4.74 Å². The van der Waals surface area contributed by atoms with Gasteiger partial charge in [-0.15, -0.1) is 0 Å². The van der Waals surface area contributed by atoms with Crippen LogP contribution in [0.3, 0.4) is 0 Å². The molecule has 8 nitrogen and oxygen atoms in total. The molecule has 0 bridgehead atoms. The molecule has 5 amide bonds. The van der Waals surface area contributed by atoms with Gasteiger partial charge >= 0.3 is 6.03 Å². The number of benzene rings is 3. The Hall–Kier alpha value is -3.76. The molecule has 182 valence electrons. The molecular weight excluding hydrogens is 594 g/mol. The van der Waals surface area contributed by atoms with Crippen LogP contribution in [0.5, 0.6) is 5.75 Å². The number of barbiturate groups is 1. The summed E-state index contributed by atoms with van der Waals surface area (Å²) in [5.41, 5.74) is 2.00. The van der Waals surface area contributed by atoms with E-state index in [1.54, 1.807) is 48.5 Å². The Morgan fingerprint density at radius 1 is 1.00 bits per heavy atom. The average molecular weight is 613 g/mol. The number of anilines is 2. The molecule has 1 aliphatic rings. The molecule has 4 rings (SSSR count). The van der Waals surface area contributed by atoms with Gasteiger partial charge in [-0.25, -0.2) is 9.69 Å². The highest BCUT2D eigenvalue weighted by Crippen LogP contribution is 2.28. The topological polar surface area (TPSA) is 105 Å². The first kappa shape index (κ1) is 25.3. The van der Waals surface area contributed by atoms with Gasteiger partial charge in [0.1, 0.15) is 11.3 Å². The Balaban J connectivity index is 1.58. The number of rotatable bonds is 6. The zero-order valence-corrected chi connectivity index (χ0v) is 22.1. The molecule has 2 N–H and O–H groups in total. The molecule has 0 aromatic heterocycles. The summed E-state index contributed by atoms with van der Waals surface area (Å²) in [6.45, 7) is 1.58. The van der Waals surface area contributed by atoms with Gasteiger partial charge in [0.15, 0.2) is 6.61 Å². The van der Waals surface area contributed by atoms with E-state index in [-0.39, 0.29) is 23.8 Å². The molecule has 1 heterocycles. The highest BCUT2D eigenvalue weighted by Gasteiger charge is 2.37. The van der Waals surface area contributed by atoms with Crippen LogP contribution in [0, 0.1) is 6.92 Å². The van der Waals surface area contributed by atoms with E-state index in [1.807, 2.05) is 25.1 Å². The minimum atomic E-state index is -0.844. The number of urea groups is 1. The van der Waals surface area contributed by atoms with E-state index >= 15 is 0 Å². The van der Waals surface area contributed by atoms with E-state index < -0.39 is 17.8 Å².